The van der Waals surface area contributed by atoms with Crippen LogP contribution in [0.2, 0.25) is 0 Å². The predicted octanol–water partition coefficient (Wildman–Crippen LogP) is 14.7. The lowest BCUT2D eigenvalue weighted by molar-refractivity contribution is -0.150. The molecule has 0 spiro atoms. The molecular weight excluding hydrogens is 729 g/mol. The molecule has 0 aliphatic carbocycles. The quantitative estimate of drug-likeness (QED) is 0.0369. The normalized spacial score (nSPS) is 11.7. The van der Waals surface area contributed by atoms with E-state index in [9.17, 15) is 14.4 Å². The van der Waals surface area contributed by atoms with E-state index in [2.05, 4.69) is 31.0 Å². The summed E-state index contributed by atoms with van der Waals surface area (Å²) in [6.45, 7) is 16.8. The Labute approximate surface area is 360 Å². The summed E-state index contributed by atoms with van der Waals surface area (Å²) >= 11 is 0. The fourth-order valence-corrected chi connectivity index (χ4v) is 7.29. The van der Waals surface area contributed by atoms with Crippen molar-refractivity contribution >= 4 is 18.2 Å². The van der Waals surface area contributed by atoms with Gasteiger partial charge in [-0.2, -0.15) is 0 Å². The van der Waals surface area contributed by atoms with E-state index in [4.69, 9.17) is 18.9 Å². The zero-order valence-electron chi connectivity index (χ0n) is 39.3. The first-order valence-electron chi connectivity index (χ1n) is 24.8. The van der Waals surface area contributed by atoms with Crippen molar-refractivity contribution in [3.05, 3.63) is 0 Å². The van der Waals surface area contributed by atoms with Crippen LogP contribution in [0.3, 0.4) is 0 Å². The van der Waals surface area contributed by atoms with Crippen LogP contribution in [-0.2, 0) is 23.7 Å². The van der Waals surface area contributed by atoms with E-state index >= 15 is 0 Å². The molecule has 58 heavy (non-hydrogen) atoms. The molecule has 0 saturated carbocycles. The van der Waals surface area contributed by atoms with Gasteiger partial charge in [-0.1, -0.05) is 156 Å². The van der Waals surface area contributed by atoms with Gasteiger partial charge in [-0.05, 0) is 105 Å². The van der Waals surface area contributed by atoms with Gasteiger partial charge in [0.1, 0.15) is 11.7 Å². The van der Waals surface area contributed by atoms with Crippen LogP contribution in [0.1, 0.15) is 248 Å². The minimum atomic E-state index is -0.539. The van der Waals surface area contributed by atoms with E-state index in [-0.39, 0.29) is 19.6 Å². The smallest absolute Gasteiger partial charge is 0.462 e. The van der Waals surface area contributed by atoms with Crippen LogP contribution in [0.15, 0.2) is 0 Å². The van der Waals surface area contributed by atoms with Crippen molar-refractivity contribution in [2.24, 2.45) is 0 Å². The number of carbonyl (C=O) groups is 3. The third-order valence-corrected chi connectivity index (χ3v) is 10.8. The van der Waals surface area contributed by atoms with Gasteiger partial charge in [0.15, 0.2) is 0 Å². The van der Waals surface area contributed by atoms with Gasteiger partial charge in [-0.25, -0.2) is 9.59 Å². The molecule has 0 atom stereocenters. The molecule has 0 unspecified atom stereocenters. The fraction of sp³-hybridized carbons (Fsp3) is 0.939. The van der Waals surface area contributed by atoms with Crippen molar-refractivity contribution in [2.75, 3.05) is 39.4 Å². The topological polar surface area (TPSA) is 103 Å². The molecule has 9 nitrogen and oxygen atoms in total. The largest absolute Gasteiger partial charge is 0.508 e. The van der Waals surface area contributed by atoms with Gasteiger partial charge in [-0.3, -0.25) is 4.79 Å². The van der Waals surface area contributed by atoms with E-state index in [0.29, 0.717) is 26.2 Å². The Kier molecular flexibility index (Phi) is 40.2. The molecule has 0 rings (SSSR count). The van der Waals surface area contributed by atoms with E-state index in [1.54, 1.807) is 0 Å². The number of ether oxygens (including phenoxy) is 4. The van der Waals surface area contributed by atoms with Gasteiger partial charge in [0.25, 0.3) is 0 Å². The average Bonchev–Trinajstić information content (AvgIpc) is 3.18. The maximum absolute atomic E-state index is 12.8. The molecule has 0 heterocycles. The minimum absolute atomic E-state index is 0. The number of alkyl carbamates (subject to hydrolysis) is 1. The number of rotatable bonds is 42. The fourth-order valence-electron chi connectivity index (χ4n) is 7.29. The zero-order chi connectivity index (χ0) is 42.8. The van der Waals surface area contributed by atoms with Gasteiger partial charge in [-0.15, -0.1) is 0 Å². The first-order chi connectivity index (χ1) is 28.1. The van der Waals surface area contributed by atoms with E-state index in [1.165, 1.54) is 109 Å². The monoisotopic (exact) mass is 827 g/mol. The standard InChI is InChI=1S/C49H96N2O7.H2/c1-7-10-13-16-19-26-33-43-55-48(54)56-44-34-27-25-32-41-51(42-35-39-50-47(53)58-49(4,5)6)40-31-24-20-23-30-38-46(52)57-45(36-28-21-17-14-11-8-2)37-29-22-18-15-12-9-3;/h45H,7-44H2,1-6H3,(H,50,53);1H. The van der Waals surface area contributed by atoms with Gasteiger partial charge in [0.2, 0.25) is 0 Å². The highest BCUT2D eigenvalue weighted by Crippen LogP contribution is 2.19. The van der Waals surface area contributed by atoms with Crippen LogP contribution in [0.4, 0.5) is 9.59 Å². The third-order valence-electron chi connectivity index (χ3n) is 10.8. The highest BCUT2D eigenvalue weighted by atomic mass is 16.7. The first-order valence-corrected chi connectivity index (χ1v) is 24.8. The summed E-state index contributed by atoms with van der Waals surface area (Å²) in [4.78, 5) is 39.3. The van der Waals surface area contributed by atoms with Crippen molar-refractivity contribution in [1.29, 1.82) is 0 Å². The molecule has 0 aromatic rings. The number of hydrogen-bond acceptors (Lipinski definition) is 8. The second-order valence-electron chi connectivity index (χ2n) is 17.8. The summed E-state index contributed by atoms with van der Waals surface area (Å²) in [6.07, 6.45) is 35.6. The molecule has 0 fully saturated rings. The molecule has 9 heteroatoms. The Balaban J connectivity index is 0. The lowest BCUT2D eigenvalue weighted by atomic mass is 10.0. The second-order valence-corrected chi connectivity index (χ2v) is 17.8. The number of nitrogens with one attached hydrogen (secondary N) is 1. The summed E-state index contributed by atoms with van der Waals surface area (Å²) < 4.78 is 22.0. The molecule has 0 aromatic heterocycles. The number of hydrogen-bond donors (Lipinski definition) is 1. The van der Waals surface area contributed by atoms with Crippen molar-refractivity contribution in [3.8, 4) is 0 Å². The molecule has 1 N–H and O–H groups in total. The summed E-state index contributed by atoms with van der Waals surface area (Å²) in [5.41, 5.74) is -0.502. The minimum Gasteiger partial charge on any atom is -0.462 e. The number of unbranched alkanes of at least 4 members (excludes halogenated alkanes) is 23. The van der Waals surface area contributed by atoms with Crippen LogP contribution < -0.4 is 5.32 Å². The molecule has 0 saturated heterocycles. The van der Waals surface area contributed by atoms with Gasteiger partial charge < -0.3 is 29.2 Å². The highest BCUT2D eigenvalue weighted by molar-refractivity contribution is 5.69. The zero-order valence-corrected chi connectivity index (χ0v) is 39.3. The molecule has 0 aromatic carbocycles. The van der Waals surface area contributed by atoms with Gasteiger partial charge >= 0.3 is 18.2 Å². The van der Waals surface area contributed by atoms with Crippen molar-refractivity contribution in [2.45, 2.75) is 259 Å². The Morgan fingerprint density at radius 1 is 0.517 bits per heavy atom. The third kappa shape index (κ3) is 42.1. The maximum Gasteiger partial charge on any atom is 0.508 e. The molecular formula is C49H98N2O7. The lowest BCUT2D eigenvalue weighted by Crippen LogP contribution is -2.35. The Bertz CT molecular complexity index is 917. The van der Waals surface area contributed by atoms with Crippen molar-refractivity contribution < 1.29 is 34.8 Å². The Hall–Kier alpha value is -2.03. The van der Waals surface area contributed by atoms with Crippen LogP contribution in [0.25, 0.3) is 0 Å². The summed E-state index contributed by atoms with van der Waals surface area (Å²) in [6, 6.07) is 0. The van der Waals surface area contributed by atoms with Crippen LogP contribution in [0, 0.1) is 0 Å². The number of nitrogens with zero attached hydrogens (tertiary/aromatic N) is 1. The molecule has 0 aliphatic rings. The molecule has 0 radical (unpaired) electrons. The van der Waals surface area contributed by atoms with Gasteiger partial charge in [0, 0.05) is 14.4 Å². The number of carbonyl (C=O) groups excluding carboxylic acids is 3. The Morgan fingerprint density at radius 2 is 0.914 bits per heavy atom. The lowest BCUT2D eigenvalue weighted by Gasteiger charge is -2.23. The molecule has 0 bridgehead atoms. The van der Waals surface area contributed by atoms with E-state index in [1.807, 2.05) is 20.8 Å². The summed E-state index contributed by atoms with van der Waals surface area (Å²) in [7, 11) is 0. The van der Waals surface area contributed by atoms with Crippen LogP contribution in [-0.4, -0.2) is 74.2 Å². The number of esters is 1. The Morgan fingerprint density at radius 3 is 1.38 bits per heavy atom. The highest BCUT2D eigenvalue weighted by Gasteiger charge is 2.16. The van der Waals surface area contributed by atoms with Crippen molar-refractivity contribution in [1.82, 2.24) is 10.2 Å². The first kappa shape index (κ1) is 56.0. The second kappa shape index (κ2) is 41.7. The van der Waals surface area contributed by atoms with Crippen molar-refractivity contribution in [3.63, 3.8) is 0 Å². The summed E-state index contributed by atoms with van der Waals surface area (Å²) in [5, 5.41) is 2.89. The van der Waals surface area contributed by atoms with E-state index < -0.39 is 11.8 Å². The summed E-state index contributed by atoms with van der Waals surface area (Å²) in [5.74, 6) is -0.00145. The van der Waals surface area contributed by atoms with Crippen LogP contribution in [0.5, 0.6) is 0 Å². The number of amides is 1. The predicted molar refractivity (Wildman–Crippen MR) is 245 cm³/mol. The maximum atomic E-state index is 12.8. The van der Waals surface area contributed by atoms with Gasteiger partial charge in [0.05, 0.1) is 13.2 Å². The van der Waals surface area contributed by atoms with E-state index in [0.717, 1.165) is 110 Å². The SMILES string of the molecule is CCCCCCCCCOC(=O)OCCCCCCN(CCCCCCCC(=O)OC(CCCCCCCC)CCCCCCCC)CCCNC(=O)OC(C)(C)C.[HH]. The molecule has 0 aliphatic heterocycles. The molecule has 1 amide bonds. The van der Waals surface area contributed by atoms with Crippen LogP contribution >= 0.6 is 0 Å². The molecule has 346 valence electrons. The average molecular weight is 827 g/mol.